The molecule has 0 spiro atoms. The van der Waals surface area contributed by atoms with Gasteiger partial charge in [0.15, 0.2) is 11.2 Å². The number of aromatic nitrogens is 4. The molecule has 2 aromatic heterocycles. The van der Waals surface area contributed by atoms with E-state index in [1.54, 1.807) is 17.8 Å². The van der Waals surface area contributed by atoms with Gasteiger partial charge in [-0.2, -0.15) is 0 Å². The fourth-order valence-electron chi connectivity index (χ4n) is 3.02. The standard InChI is InChI=1S/C18H22N4O2/c1-5-21-17(23)15-16(19-11-20(15)10-12(2)3)22(18(21)24)14-9-7-6-8-13(14)4/h6-9,11-12H,5,10H2,1-4H3. The summed E-state index contributed by atoms with van der Waals surface area (Å²) in [6.07, 6.45) is 1.65. The van der Waals surface area contributed by atoms with Crippen molar-refractivity contribution < 1.29 is 0 Å². The van der Waals surface area contributed by atoms with E-state index in [0.29, 0.717) is 30.2 Å². The van der Waals surface area contributed by atoms with Crippen molar-refractivity contribution in [3.63, 3.8) is 0 Å². The molecule has 0 atom stereocenters. The molecule has 6 nitrogen and oxygen atoms in total. The predicted octanol–water partition coefficient (Wildman–Crippen LogP) is 2.33. The lowest BCUT2D eigenvalue weighted by molar-refractivity contribution is 0.530. The van der Waals surface area contributed by atoms with Gasteiger partial charge in [0, 0.05) is 13.1 Å². The SMILES string of the molecule is CCn1c(=O)c2c(ncn2CC(C)C)n(-c2ccccc2C)c1=O. The lowest BCUT2D eigenvalue weighted by Gasteiger charge is -2.13. The second-order valence-corrected chi connectivity index (χ2v) is 6.42. The third-order valence-electron chi connectivity index (χ3n) is 4.13. The Bertz CT molecular complexity index is 1010. The molecular weight excluding hydrogens is 304 g/mol. The van der Waals surface area contributed by atoms with Crippen LogP contribution in [0.25, 0.3) is 16.9 Å². The molecule has 0 fully saturated rings. The first-order valence-corrected chi connectivity index (χ1v) is 8.22. The summed E-state index contributed by atoms with van der Waals surface area (Å²) in [5.74, 6) is 0.371. The molecule has 3 aromatic rings. The Kier molecular flexibility index (Phi) is 4.13. The van der Waals surface area contributed by atoms with Crippen LogP contribution in [0.15, 0.2) is 40.2 Å². The lowest BCUT2D eigenvalue weighted by atomic mass is 10.2. The number of fused-ring (bicyclic) bond motifs is 1. The van der Waals surface area contributed by atoms with Gasteiger partial charge in [-0.15, -0.1) is 0 Å². The van der Waals surface area contributed by atoms with Crippen LogP contribution in [0, 0.1) is 12.8 Å². The summed E-state index contributed by atoms with van der Waals surface area (Å²) >= 11 is 0. The molecule has 0 aliphatic heterocycles. The van der Waals surface area contributed by atoms with Crippen LogP contribution in [0.3, 0.4) is 0 Å². The third kappa shape index (κ3) is 2.48. The highest BCUT2D eigenvalue weighted by Gasteiger charge is 2.19. The maximum Gasteiger partial charge on any atom is 0.337 e. The van der Waals surface area contributed by atoms with Crippen LogP contribution in [0.4, 0.5) is 0 Å². The fourth-order valence-corrected chi connectivity index (χ4v) is 3.02. The molecule has 6 heteroatoms. The smallest absolute Gasteiger partial charge is 0.324 e. The highest BCUT2D eigenvalue weighted by Crippen LogP contribution is 2.17. The molecule has 0 saturated heterocycles. The maximum absolute atomic E-state index is 12.9. The van der Waals surface area contributed by atoms with Crippen molar-refractivity contribution in [1.82, 2.24) is 18.7 Å². The summed E-state index contributed by atoms with van der Waals surface area (Å²) in [4.78, 5) is 30.1. The van der Waals surface area contributed by atoms with Crippen molar-refractivity contribution >= 4 is 11.2 Å². The van der Waals surface area contributed by atoms with Crippen LogP contribution in [-0.4, -0.2) is 18.7 Å². The van der Waals surface area contributed by atoms with Gasteiger partial charge in [-0.05, 0) is 31.4 Å². The quantitative estimate of drug-likeness (QED) is 0.739. The molecule has 24 heavy (non-hydrogen) atoms. The Morgan fingerprint density at radius 2 is 1.88 bits per heavy atom. The number of imidazole rings is 1. The van der Waals surface area contributed by atoms with Gasteiger partial charge in [0.1, 0.15) is 0 Å². The minimum absolute atomic E-state index is 0.277. The first kappa shape index (κ1) is 16.2. The van der Waals surface area contributed by atoms with Gasteiger partial charge in [-0.1, -0.05) is 32.0 Å². The van der Waals surface area contributed by atoms with Crippen LogP contribution in [0.5, 0.6) is 0 Å². The van der Waals surface area contributed by atoms with Crippen molar-refractivity contribution in [1.29, 1.82) is 0 Å². The minimum atomic E-state index is -0.348. The zero-order valence-corrected chi connectivity index (χ0v) is 14.5. The highest BCUT2D eigenvalue weighted by atomic mass is 16.2. The topological polar surface area (TPSA) is 61.8 Å². The van der Waals surface area contributed by atoms with E-state index in [-0.39, 0.29) is 11.2 Å². The fraction of sp³-hybridized carbons (Fsp3) is 0.389. The molecule has 1 aromatic carbocycles. The van der Waals surface area contributed by atoms with Gasteiger partial charge >= 0.3 is 5.69 Å². The molecule has 2 heterocycles. The summed E-state index contributed by atoms with van der Waals surface area (Å²) in [7, 11) is 0. The van der Waals surface area contributed by atoms with Crippen LogP contribution < -0.4 is 11.2 Å². The molecule has 0 aliphatic rings. The van der Waals surface area contributed by atoms with Crippen molar-refractivity contribution in [3.05, 3.63) is 57.0 Å². The normalized spacial score (nSPS) is 11.5. The zero-order valence-electron chi connectivity index (χ0n) is 14.5. The van der Waals surface area contributed by atoms with Gasteiger partial charge in [-0.25, -0.2) is 14.3 Å². The molecular formula is C18H22N4O2. The number of hydrogen-bond acceptors (Lipinski definition) is 3. The molecule has 0 unspecified atom stereocenters. The highest BCUT2D eigenvalue weighted by molar-refractivity contribution is 5.72. The van der Waals surface area contributed by atoms with E-state index >= 15 is 0 Å². The van der Waals surface area contributed by atoms with Crippen molar-refractivity contribution in [2.45, 2.75) is 40.8 Å². The second kappa shape index (κ2) is 6.11. The molecule has 126 valence electrons. The number of nitrogens with zero attached hydrogens (tertiary/aromatic N) is 4. The minimum Gasteiger partial charge on any atom is -0.324 e. The van der Waals surface area contributed by atoms with E-state index in [1.807, 2.05) is 35.8 Å². The molecule has 0 amide bonds. The van der Waals surface area contributed by atoms with E-state index in [4.69, 9.17) is 0 Å². The van der Waals surface area contributed by atoms with Crippen LogP contribution >= 0.6 is 0 Å². The number of benzene rings is 1. The Labute approximate surface area is 140 Å². The van der Waals surface area contributed by atoms with Crippen molar-refractivity contribution in [3.8, 4) is 5.69 Å². The average molecular weight is 326 g/mol. The first-order chi connectivity index (χ1) is 11.5. The summed E-state index contributed by atoms with van der Waals surface area (Å²) < 4.78 is 4.67. The lowest BCUT2D eigenvalue weighted by Crippen LogP contribution is -2.39. The summed E-state index contributed by atoms with van der Waals surface area (Å²) in [6, 6.07) is 7.63. The van der Waals surface area contributed by atoms with Gasteiger partial charge in [-0.3, -0.25) is 9.36 Å². The summed E-state index contributed by atoms with van der Waals surface area (Å²) in [6.45, 7) is 8.93. The maximum atomic E-state index is 12.9. The van der Waals surface area contributed by atoms with Crippen LogP contribution in [-0.2, 0) is 13.1 Å². The number of aryl methyl sites for hydroxylation is 1. The van der Waals surface area contributed by atoms with E-state index in [9.17, 15) is 9.59 Å². The number of rotatable bonds is 4. The molecule has 0 bridgehead atoms. The van der Waals surface area contributed by atoms with Gasteiger partial charge < -0.3 is 4.57 Å². The van der Waals surface area contributed by atoms with E-state index in [2.05, 4.69) is 18.8 Å². The molecule has 0 saturated carbocycles. The Morgan fingerprint density at radius 1 is 1.17 bits per heavy atom. The van der Waals surface area contributed by atoms with Gasteiger partial charge in [0.05, 0.1) is 12.0 Å². The molecule has 0 radical (unpaired) electrons. The van der Waals surface area contributed by atoms with Gasteiger partial charge in [0.2, 0.25) is 0 Å². The number of hydrogen-bond donors (Lipinski definition) is 0. The Morgan fingerprint density at radius 3 is 2.50 bits per heavy atom. The molecule has 0 N–H and O–H groups in total. The third-order valence-corrected chi connectivity index (χ3v) is 4.13. The average Bonchev–Trinajstić information content (AvgIpc) is 2.92. The predicted molar refractivity (Wildman–Crippen MR) is 94.8 cm³/mol. The Hall–Kier alpha value is -2.63. The van der Waals surface area contributed by atoms with Crippen LogP contribution in [0.1, 0.15) is 26.3 Å². The zero-order chi connectivity index (χ0) is 17.4. The van der Waals surface area contributed by atoms with Gasteiger partial charge in [0.25, 0.3) is 5.56 Å². The molecule has 0 aliphatic carbocycles. The monoisotopic (exact) mass is 326 g/mol. The van der Waals surface area contributed by atoms with Crippen LogP contribution in [0.2, 0.25) is 0 Å². The second-order valence-electron chi connectivity index (χ2n) is 6.42. The van der Waals surface area contributed by atoms with Crippen molar-refractivity contribution in [2.75, 3.05) is 0 Å². The first-order valence-electron chi connectivity index (χ1n) is 8.22. The van der Waals surface area contributed by atoms with E-state index in [0.717, 1.165) is 11.3 Å². The summed E-state index contributed by atoms with van der Waals surface area (Å²) in [5.41, 5.74) is 1.99. The summed E-state index contributed by atoms with van der Waals surface area (Å²) in [5, 5.41) is 0. The van der Waals surface area contributed by atoms with Crippen molar-refractivity contribution in [2.24, 2.45) is 5.92 Å². The van der Waals surface area contributed by atoms with E-state index < -0.39 is 0 Å². The largest absolute Gasteiger partial charge is 0.337 e. The van der Waals surface area contributed by atoms with E-state index in [1.165, 1.54) is 4.57 Å². The number of para-hydroxylation sites is 1. The molecule has 3 rings (SSSR count). The Balaban J connectivity index is 2.46.